The van der Waals surface area contributed by atoms with Crippen LogP contribution in [0.4, 0.5) is 17.1 Å². The quantitative estimate of drug-likeness (QED) is 0.312. The molecule has 0 fully saturated rings. The van der Waals surface area contributed by atoms with E-state index in [1.165, 1.54) is 18.2 Å². The zero-order valence-electron chi connectivity index (χ0n) is 16.3. The maximum Gasteiger partial charge on any atom is 0.206 e. The molecular weight excluding hydrogens is 394 g/mol. The van der Waals surface area contributed by atoms with Crippen LogP contribution in [0.3, 0.4) is 0 Å². The van der Waals surface area contributed by atoms with Gasteiger partial charge < -0.3 is 26.0 Å². The molecule has 7 heteroatoms. The molecule has 3 aromatic carbocycles. The topological polar surface area (TPSA) is 114 Å². The molecule has 0 aliphatic heterocycles. The van der Waals surface area contributed by atoms with Gasteiger partial charge in [-0.05, 0) is 78.9 Å². The molecule has 0 amide bonds. The van der Waals surface area contributed by atoms with Crippen molar-refractivity contribution >= 4 is 28.6 Å². The number of anilines is 2. The van der Waals surface area contributed by atoms with Gasteiger partial charge in [-0.3, -0.25) is 4.79 Å². The number of nitrogens with one attached hydrogen (secondary N) is 2. The Labute approximate surface area is 178 Å². The van der Waals surface area contributed by atoms with Gasteiger partial charge in [0.2, 0.25) is 5.78 Å². The number of hydrogen-bond donors (Lipinski definition) is 5. The fourth-order valence-corrected chi connectivity index (χ4v) is 2.93. The van der Waals surface area contributed by atoms with Gasteiger partial charge in [0.15, 0.2) is 0 Å². The van der Waals surface area contributed by atoms with E-state index in [1.807, 2.05) is 0 Å². The minimum Gasteiger partial charge on any atom is -0.508 e. The van der Waals surface area contributed by atoms with E-state index in [9.17, 15) is 20.1 Å². The first-order valence-electron chi connectivity index (χ1n) is 9.44. The van der Waals surface area contributed by atoms with Crippen molar-refractivity contribution in [2.45, 2.75) is 0 Å². The molecule has 31 heavy (non-hydrogen) atoms. The van der Waals surface area contributed by atoms with Crippen molar-refractivity contribution in [2.75, 3.05) is 10.6 Å². The molecule has 0 aromatic heterocycles. The normalized spacial score (nSPS) is 14.7. The lowest BCUT2D eigenvalue weighted by molar-refractivity contribution is -0.108. The lowest BCUT2D eigenvalue weighted by Crippen LogP contribution is -2.22. The van der Waals surface area contributed by atoms with Crippen LogP contribution in [0.1, 0.15) is 0 Å². The van der Waals surface area contributed by atoms with Crippen molar-refractivity contribution in [1.82, 2.24) is 0 Å². The number of aromatic hydroxyl groups is 3. The number of carbonyl (C=O) groups is 1. The monoisotopic (exact) mass is 413 g/mol. The molecule has 1 aliphatic rings. The van der Waals surface area contributed by atoms with E-state index in [1.54, 1.807) is 66.7 Å². The lowest BCUT2D eigenvalue weighted by atomic mass is 10.0. The summed E-state index contributed by atoms with van der Waals surface area (Å²) in [6, 6.07) is 19.2. The summed E-state index contributed by atoms with van der Waals surface area (Å²) in [5.74, 6) is 0.113. The largest absolute Gasteiger partial charge is 0.508 e. The Hall–Kier alpha value is -4.52. The molecule has 1 aliphatic carbocycles. The predicted octanol–water partition coefficient (Wildman–Crippen LogP) is 4.45. The second kappa shape index (κ2) is 8.46. The van der Waals surface area contributed by atoms with Gasteiger partial charge in [-0.2, -0.15) is 0 Å². The van der Waals surface area contributed by atoms with Crippen molar-refractivity contribution in [3.8, 4) is 17.2 Å². The minimum absolute atomic E-state index is 0.115. The molecule has 5 N–H and O–H groups in total. The zero-order chi connectivity index (χ0) is 21.8. The summed E-state index contributed by atoms with van der Waals surface area (Å²) in [7, 11) is 0. The summed E-state index contributed by atoms with van der Waals surface area (Å²) in [5.41, 5.74) is 3.27. The van der Waals surface area contributed by atoms with Crippen LogP contribution in [0.2, 0.25) is 0 Å². The van der Waals surface area contributed by atoms with Crippen LogP contribution in [0.25, 0.3) is 0 Å². The highest BCUT2D eigenvalue weighted by Crippen LogP contribution is 2.25. The molecule has 0 saturated heterocycles. The Morgan fingerprint density at radius 3 is 1.48 bits per heavy atom. The van der Waals surface area contributed by atoms with Gasteiger partial charge in [-0.1, -0.05) is 0 Å². The number of ketones is 1. The fourth-order valence-electron chi connectivity index (χ4n) is 2.93. The number of phenols is 3. The van der Waals surface area contributed by atoms with Gasteiger partial charge in [0.1, 0.15) is 23.0 Å². The second-order valence-corrected chi connectivity index (χ2v) is 6.84. The molecule has 0 bridgehead atoms. The third kappa shape index (κ3) is 4.91. The molecule has 0 spiro atoms. The molecule has 0 saturated carbocycles. The van der Waals surface area contributed by atoms with Gasteiger partial charge in [0.05, 0.1) is 17.1 Å². The van der Waals surface area contributed by atoms with Crippen molar-refractivity contribution in [3.05, 3.63) is 96.3 Å². The average Bonchev–Trinajstić information content (AvgIpc) is 2.76. The predicted molar refractivity (Wildman–Crippen MR) is 120 cm³/mol. The van der Waals surface area contributed by atoms with Crippen LogP contribution in [-0.4, -0.2) is 26.8 Å². The van der Waals surface area contributed by atoms with E-state index in [-0.39, 0.29) is 28.7 Å². The van der Waals surface area contributed by atoms with Crippen LogP contribution in [0.15, 0.2) is 101 Å². The SMILES string of the molecule is O=C1C=C(Nc2ccc(O)cc2)C(Nc2ccc(O)cc2)=CC1=Nc1ccc(O)cc1. The van der Waals surface area contributed by atoms with Crippen molar-refractivity contribution < 1.29 is 20.1 Å². The van der Waals surface area contributed by atoms with E-state index in [0.29, 0.717) is 28.5 Å². The maximum absolute atomic E-state index is 12.7. The summed E-state index contributed by atoms with van der Waals surface area (Å²) < 4.78 is 0. The van der Waals surface area contributed by atoms with Gasteiger partial charge in [-0.25, -0.2) is 4.99 Å². The van der Waals surface area contributed by atoms with Crippen LogP contribution in [0, 0.1) is 0 Å². The zero-order valence-corrected chi connectivity index (χ0v) is 16.3. The van der Waals surface area contributed by atoms with Crippen LogP contribution in [0.5, 0.6) is 17.2 Å². The Balaban J connectivity index is 1.68. The fraction of sp³-hybridized carbons (Fsp3) is 0. The maximum atomic E-state index is 12.7. The summed E-state index contributed by atoms with van der Waals surface area (Å²) in [6.45, 7) is 0. The first-order chi connectivity index (χ1) is 15.0. The Morgan fingerprint density at radius 2 is 1.00 bits per heavy atom. The molecule has 0 radical (unpaired) electrons. The average molecular weight is 413 g/mol. The molecule has 3 aromatic rings. The third-order valence-electron chi connectivity index (χ3n) is 4.49. The van der Waals surface area contributed by atoms with E-state index < -0.39 is 0 Å². The summed E-state index contributed by atoms with van der Waals surface area (Å²) in [5, 5.41) is 34.9. The molecule has 154 valence electrons. The summed E-state index contributed by atoms with van der Waals surface area (Å²) >= 11 is 0. The summed E-state index contributed by atoms with van der Waals surface area (Å²) in [6.07, 6.45) is 3.07. The highest BCUT2D eigenvalue weighted by molar-refractivity contribution is 6.49. The lowest BCUT2D eigenvalue weighted by Gasteiger charge is -2.20. The van der Waals surface area contributed by atoms with Gasteiger partial charge in [-0.15, -0.1) is 0 Å². The molecular formula is C24H19N3O4. The van der Waals surface area contributed by atoms with Crippen LogP contribution in [-0.2, 0) is 4.79 Å². The number of carbonyl (C=O) groups excluding carboxylic acids is 1. The highest BCUT2D eigenvalue weighted by atomic mass is 16.3. The highest BCUT2D eigenvalue weighted by Gasteiger charge is 2.20. The number of nitrogens with zero attached hydrogens (tertiary/aromatic N) is 1. The third-order valence-corrected chi connectivity index (χ3v) is 4.49. The molecule has 0 atom stereocenters. The van der Waals surface area contributed by atoms with E-state index in [0.717, 1.165) is 0 Å². The van der Waals surface area contributed by atoms with Crippen LogP contribution >= 0.6 is 0 Å². The first-order valence-corrected chi connectivity index (χ1v) is 9.44. The van der Waals surface area contributed by atoms with Crippen molar-refractivity contribution in [1.29, 1.82) is 0 Å². The summed E-state index contributed by atoms with van der Waals surface area (Å²) in [4.78, 5) is 17.1. The minimum atomic E-state index is -0.286. The molecule has 0 unspecified atom stereocenters. The number of hydrogen-bond acceptors (Lipinski definition) is 7. The molecule has 4 rings (SSSR count). The number of benzene rings is 3. The van der Waals surface area contributed by atoms with Gasteiger partial charge in [0.25, 0.3) is 0 Å². The van der Waals surface area contributed by atoms with Crippen molar-refractivity contribution in [3.63, 3.8) is 0 Å². The second-order valence-electron chi connectivity index (χ2n) is 6.84. The Kier molecular flexibility index (Phi) is 5.40. The van der Waals surface area contributed by atoms with E-state index in [2.05, 4.69) is 15.6 Å². The Morgan fingerprint density at radius 1 is 0.581 bits per heavy atom. The Bertz CT molecular complexity index is 1190. The number of allylic oxidation sites excluding steroid dienone is 2. The number of phenolic OH excluding ortho intramolecular Hbond substituents is 3. The number of rotatable bonds is 5. The standard InChI is InChI=1S/C24H19N3O4/c28-18-7-1-15(2-8-18)25-21-13-23(27-17-5-11-20(30)12-6-17)24(31)14-22(21)26-16-3-9-19(29)10-4-16/h1-14,25-26,28-30H. The number of aliphatic imine (C=N–C) groups is 1. The van der Waals surface area contributed by atoms with Gasteiger partial charge >= 0.3 is 0 Å². The smallest absolute Gasteiger partial charge is 0.206 e. The van der Waals surface area contributed by atoms with Gasteiger partial charge in [0, 0.05) is 17.5 Å². The molecule has 0 heterocycles. The first kappa shape index (κ1) is 19.8. The van der Waals surface area contributed by atoms with Crippen LogP contribution < -0.4 is 10.6 Å². The van der Waals surface area contributed by atoms with Crippen molar-refractivity contribution in [2.24, 2.45) is 4.99 Å². The molecule has 7 nitrogen and oxygen atoms in total. The van der Waals surface area contributed by atoms with E-state index >= 15 is 0 Å². The van der Waals surface area contributed by atoms with E-state index in [4.69, 9.17) is 0 Å².